The van der Waals surface area contributed by atoms with Crippen LogP contribution in [-0.2, 0) is 11.0 Å². The van der Waals surface area contributed by atoms with Gasteiger partial charge < -0.3 is 10.4 Å². The van der Waals surface area contributed by atoms with E-state index in [-0.39, 0.29) is 5.69 Å². The summed E-state index contributed by atoms with van der Waals surface area (Å²) in [5.41, 5.74) is -0.850. The Bertz CT molecular complexity index is 388. The van der Waals surface area contributed by atoms with Crippen molar-refractivity contribution in [1.82, 2.24) is 0 Å². The third-order valence-corrected chi connectivity index (χ3v) is 1.84. The van der Waals surface area contributed by atoms with E-state index in [2.05, 4.69) is 5.32 Å². The number of benzene rings is 1. The lowest BCUT2D eigenvalue weighted by Crippen LogP contribution is -2.24. The highest BCUT2D eigenvalue weighted by Gasteiger charge is 2.30. The van der Waals surface area contributed by atoms with Gasteiger partial charge in [-0.05, 0) is 25.1 Å². The van der Waals surface area contributed by atoms with E-state index in [1.54, 1.807) is 0 Å². The number of amides is 1. The maximum Gasteiger partial charge on any atom is 0.416 e. The first-order valence-electron chi connectivity index (χ1n) is 4.47. The number of carbonyl (C=O) groups is 1. The molecule has 6 heteroatoms. The average molecular weight is 233 g/mol. The van der Waals surface area contributed by atoms with E-state index in [9.17, 15) is 18.0 Å². The largest absolute Gasteiger partial charge is 0.416 e. The van der Waals surface area contributed by atoms with Crippen molar-refractivity contribution in [3.05, 3.63) is 29.8 Å². The van der Waals surface area contributed by atoms with Crippen LogP contribution in [-0.4, -0.2) is 17.1 Å². The lowest BCUT2D eigenvalue weighted by molar-refractivity contribution is -0.137. The second-order valence-corrected chi connectivity index (χ2v) is 3.24. The first kappa shape index (κ1) is 12.5. The summed E-state index contributed by atoms with van der Waals surface area (Å²) in [6.45, 7) is 1.23. The second kappa shape index (κ2) is 4.52. The van der Waals surface area contributed by atoms with E-state index >= 15 is 0 Å². The minimum atomic E-state index is -4.45. The summed E-state index contributed by atoms with van der Waals surface area (Å²) >= 11 is 0. The summed E-state index contributed by atoms with van der Waals surface area (Å²) in [5, 5.41) is 11.0. The zero-order valence-corrected chi connectivity index (χ0v) is 8.38. The quantitative estimate of drug-likeness (QED) is 0.821. The normalized spacial score (nSPS) is 13.3. The SMILES string of the molecule is CC(O)C(=O)Nc1cccc(C(F)(F)F)c1. The van der Waals surface area contributed by atoms with Crippen LogP contribution in [0.5, 0.6) is 0 Å². The van der Waals surface area contributed by atoms with Crippen molar-refractivity contribution in [3.8, 4) is 0 Å². The Hall–Kier alpha value is -1.56. The van der Waals surface area contributed by atoms with Crippen LogP contribution in [0.1, 0.15) is 12.5 Å². The fourth-order valence-corrected chi connectivity index (χ4v) is 1.02. The second-order valence-electron chi connectivity index (χ2n) is 3.24. The van der Waals surface area contributed by atoms with E-state index in [0.717, 1.165) is 12.1 Å². The highest BCUT2D eigenvalue weighted by molar-refractivity contribution is 5.93. The lowest BCUT2D eigenvalue weighted by atomic mass is 10.2. The molecular weight excluding hydrogens is 223 g/mol. The third-order valence-electron chi connectivity index (χ3n) is 1.84. The zero-order valence-electron chi connectivity index (χ0n) is 8.38. The van der Waals surface area contributed by atoms with Gasteiger partial charge in [0.05, 0.1) is 5.56 Å². The number of aliphatic hydroxyl groups is 1. The number of nitrogens with one attached hydrogen (secondary N) is 1. The van der Waals surface area contributed by atoms with Gasteiger partial charge in [0, 0.05) is 5.69 Å². The van der Waals surface area contributed by atoms with Gasteiger partial charge in [-0.1, -0.05) is 6.07 Å². The molecule has 1 aromatic rings. The van der Waals surface area contributed by atoms with Gasteiger partial charge in [0.15, 0.2) is 0 Å². The Labute approximate surface area is 89.9 Å². The van der Waals surface area contributed by atoms with Crippen LogP contribution < -0.4 is 5.32 Å². The van der Waals surface area contributed by atoms with Crippen LogP contribution in [0, 0.1) is 0 Å². The van der Waals surface area contributed by atoms with Gasteiger partial charge in [0.25, 0.3) is 5.91 Å². The van der Waals surface area contributed by atoms with Crippen LogP contribution in [0.25, 0.3) is 0 Å². The van der Waals surface area contributed by atoms with Crippen molar-refractivity contribution in [1.29, 1.82) is 0 Å². The van der Waals surface area contributed by atoms with Crippen LogP contribution in [0.2, 0.25) is 0 Å². The molecule has 0 aliphatic carbocycles. The molecular formula is C10H10F3NO2. The number of rotatable bonds is 2. The molecule has 88 valence electrons. The van der Waals surface area contributed by atoms with Crippen molar-refractivity contribution in [2.24, 2.45) is 0 Å². The third kappa shape index (κ3) is 3.23. The van der Waals surface area contributed by atoms with Crippen LogP contribution in [0.4, 0.5) is 18.9 Å². The number of anilines is 1. The summed E-state index contributed by atoms with van der Waals surface area (Å²) in [6, 6.07) is 4.20. The topological polar surface area (TPSA) is 49.3 Å². The lowest BCUT2D eigenvalue weighted by Gasteiger charge is -2.10. The maximum absolute atomic E-state index is 12.3. The van der Waals surface area contributed by atoms with Crippen molar-refractivity contribution in [3.63, 3.8) is 0 Å². The number of alkyl halides is 3. The Morgan fingerprint density at radius 3 is 2.56 bits per heavy atom. The minimum Gasteiger partial charge on any atom is -0.384 e. The van der Waals surface area contributed by atoms with Gasteiger partial charge in [0.2, 0.25) is 0 Å². The fraction of sp³-hybridized carbons (Fsp3) is 0.300. The Kier molecular flexibility index (Phi) is 3.54. The van der Waals surface area contributed by atoms with Crippen molar-refractivity contribution < 1.29 is 23.1 Å². The predicted molar refractivity (Wildman–Crippen MR) is 51.8 cm³/mol. The van der Waals surface area contributed by atoms with Gasteiger partial charge in [0.1, 0.15) is 6.10 Å². The Balaban J connectivity index is 2.88. The molecule has 0 saturated carbocycles. The Morgan fingerprint density at radius 2 is 2.06 bits per heavy atom. The van der Waals surface area contributed by atoms with Crippen LogP contribution in [0.3, 0.4) is 0 Å². The molecule has 0 aromatic heterocycles. The van der Waals surface area contributed by atoms with Crippen LogP contribution in [0.15, 0.2) is 24.3 Å². The molecule has 0 spiro atoms. The molecule has 1 rings (SSSR count). The molecule has 0 radical (unpaired) electrons. The fourth-order valence-electron chi connectivity index (χ4n) is 1.02. The van der Waals surface area contributed by atoms with E-state index in [0.29, 0.717) is 0 Å². The van der Waals surface area contributed by atoms with Crippen molar-refractivity contribution in [2.75, 3.05) is 5.32 Å². The summed E-state index contributed by atoms with van der Waals surface area (Å²) < 4.78 is 36.9. The molecule has 1 aromatic carbocycles. The first-order valence-corrected chi connectivity index (χ1v) is 4.47. The van der Waals surface area contributed by atoms with E-state index in [1.807, 2.05) is 0 Å². The zero-order chi connectivity index (χ0) is 12.3. The summed E-state index contributed by atoms with van der Waals surface area (Å²) in [7, 11) is 0. The van der Waals surface area contributed by atoms with Gasteiger partial charge in [-0.2, -0.15) is 13.2 Å². The van der Waals surface area contributed by atoms with E-state index in [4.69, 9.17) is 5.11 Å². The molecule has 1 amide bonds. The van der Waals surface area contributed by atoms with Crippen molar-refractivity contribution >= 4 is 11.6 Å². The first-order chi connectivity index (χ1) is 7.30. The van der Waals surface area contributed by atoms with Crippen LogP contribution >= 0.6 is 0 Å². The molecule has 0 bridgehead atoms. The number of hydrogen-bond acceptors (Lipinski definition) is 2. The predicted octanol–water partition coefficient (Wildman–Crippen LogP) is 2.02. The smallest absolute Gasteiger partial charge is 0.384 e. The summed E-state index contributed by atoms with van der Waals surface area (Å²) in [5.74, 6) is -0.751. The highest BCUT2D eigenvalue weighted by Crippen LogP contribution is 2.30. The molecule has 0 aliphatic rings. The molecule has 2 N–H and O–H groups in total. The van der Waals surface area contributed by atoms with Gasteiger partial charge in [-0.15, -0.1) is 0 Å². The number of halogens is 3. The number of hydrogen-bond donors (Lipinski definition) is 2. The highest BCUT2D eigenvalue weighted by atomic mass is 19.4. The molecule has 1 atom stereocenters. The molecule has 3 nitrogen and oxygen atoms in total. The summed E-state index contributed by atoms with van der Waals surface area (Å²) in [6.07, 6.45) is -5.72. The molecule has 1 unspecified atom stereocenters. The average Bonchev–Trinajstić information content (AvgIpc) is 2.16. The molecule has 16 heavy (non-hydrogen) atoms. The van der Waals surface area contributed by atoms with Gasteiger partial charge >= 0.3 is 6.18 Å². The monoisotopic (exact) mass is 233 g/mol. The minimum absolute atomic E-state index is 0.000671. The molecule has 0 saturated heterocycles. The molecule has 0 fully saturated rings. The summed E-state index contributed by atoms with van der Waals surface area (Å²) in [4.78, 5) is 11.0. The molecule has 0 aliphatic heterocycles. The molecule has 0 heterocycles. The van der Waals surface area contributed by atoms with E-state index < -0.39 is 23.8 Å². The van der Waals surface area contributed by atoms with Gasteiger partial charge in [-0.3, -0.25) is 4.79 Å². The standard InChI is InChI=1S/C10H10F3NO2/c1-6(15)9(16)14-8-4-2-3-7(5-8)10(11,12)13/h2-6,15H,1H3,(H,14,16). The number of carbonyl (C=O) groups excluding carboxylic acids is 1. The van der Waals surface area contributed by atoms with E-state index in [1.165, 1.54) is 19.1 Å². The Morgan fingerprint density at radius 1 is 1.44 bits per heavy atom. The number of aliphatic hydroxyl groups excluding tert-OH is 1. The maximum atomic E-state index is 12.3. The van der Waals surface area contributed by atoms with Crippen molar-refractivity contribution in [2.45, 2.75) is 19.2 Å². The van der Waals surface area contributed by atoms with Gasteiger partial charge in [-0.25, -0.2) is 0 Å².